The van der Waals surface area contributed by atoms with Crippen molar-refractivity contribution in [1.82, 2.24) is 0 Å². The standard InChI is InChI=1S/C6H10.H2N2/c1-3-5-6-4-2;1-2/h3-6H,1-2H3;1-2H/b5-3+,6-4+;. The normalized spacial score (nSPS) is 9.25. The summed E-state index contributed by atoms with van der Waals surface area (Å²) in [4.78, 5) is 0. The van der Waals surface area contributed by atoms with Crippen LogP contribution in [0.2, 0.25) is 0 Å². The van der Waals surface area contributed by atoms with Crippen molar-refractivity contribution in [1.29, 1.82) is 11.1 Å². The zero-order valence-electron chi connectivity index (χ0n) is 5.31. The van der Waals surface area contributed by atoms with Gasteiger partial charge in [-0.3, -0.25) is 0 Å². The van der Waals surface area contributed by atoms with Gasteiger partial charge in [-0.25, -0.2) is 11.1 Å². The van der Waals surface area contributed by atoms with Crippen molar-refractivity contribution in [2.45, 2.75) is 13.8 Å². The molecule has 0 atom stereocenters. The summed E-state index contributed by atoms with van der Waals surface area (Å²) in [6.07, 6.45) is 8.00. The van der Waals surface area contributed by atoms with Crippen LogP contribution in [-0.2, 0) is 0 Å². The van der Waals surface area contributed by atoms with Crippen LogP contribution < -0.4 is 0 Å². The van der Waals surface area contributed by atoms with Crippen LogP contribution >= 0.6 is 0 Å². The first kappa shape index (κ1) is 10.1. The van der Waals surface area contributed by atoms with Crippen LogP contribution in [0.1, 0.15) is 13.8 Å². The molecular formula is C6H12N2. The van der Waals surface area contributed by atoms with Crippen molar-refractivity contribution in [3.05, 3.63) is 24.3 Å². The van der Waals surface area contributed by atoms with E-state index < -0.39 is 0 Å². The number of hydrogen-bond acceptors (Lipinski definition) is 2. The Balaban J connectivity index is 0. The highest BCUT2D eigenvalue weighted by atomic mass is 14.7. The first-order chi connectivity index (χ1) is 3.91. The van der Waals surface area contributed by atoms with E-state index in [1.54, 1.807) is 0 Å². The Hall–Kier alpha value is -0.920. The van der Waals surface area contributed by atoms with E-state index in [1.165, 1.54) is 0 Å². The minimum Gasteiger partial charge on any atom is -0.213 e. The van der Waals surface area contributed by atoms with Crippen LogP contribution in [-0.4, -0.2) is 0 Å². The van der Waals surface area contributed by atoms with E-state index in [1.807, 2.05) is 38.2 Å². The molecule has 2 nitrogen and oxygen atoms in total. The summed E-state index contributed by atoms with van der Waals surface area (Å²) in [5.41, 5.74) is 10.0. The highest BCUT2D eigenvalue weighted by molar-refractivity contribution is 4.98. The lowest BCUT2D eigenvalue weighted by atomic mass is 10.5. The van der Waals surface area contributed by atoms with Gasteiger partial charge in [0.05, 0.1) is 0 Å². The van der Waals surface area contributed by atoms with Crippen molar-refractivity contribution in [2.24, 2.45) is 0 Å². The predicted octanol–water partition coefficient (Wildman–Crippen LogP) is 2.73. The van der Waals surface area contributed by atoms with Gasteiger partial charge in [-0.15, -0.1) is 0 Å². The molecule has 0 rings (SSSR count). The topological polar surface area (TPSA) is 47.7 Å². The molecule has 0 fully saturated rings. The molecule has 46 valence electrons. The quantitative estimate of drug-likeness (QED) is 0.387. The Kier molecular flexibility index (Phi) is 21.0. The predicted molar refractivity (Wildman–Crippen MR) is 35.1 cm³/mol. The summed E-state index contributed by atoms with van der Waals surface area (Å²) in [5.74, 6) is 0. The molecule has 0 saturated carbocycles. The molecule has 0 saturated heterocycles. The summed E-state index contributed by atoms with van der Waals surface area (Å²) < 4.78 is 0. The van der Waals surface area contributed by atoms with Crippen molar-refractivity contribution < 1.29 is 0 Å². The first-order valence-corrected chi connectivity index (χ1v) is 2.40. The molecule has 0 unspecified atom stereocenters. The molecule has 0 spiro atoms. The molecule has 2 N–H and O–H groups in total. The highest BCUT2D eigenvalue weighted by Crippen LogP contribution is 1.71. The van der Waals surface area contributed by atoms with Crippen LogP contribution in [0.3, 0.4) is 0 Å². The molecule has 0 heterocycles. The molecular weight excluding hydrogens is 100 g/mol. The second-order valence-corrected chi connectivity index (χ2v) is 1.05. The maximum atomic E-state index is 5.00. The smallest absolute Gasteiger partial charge is 0.0467 e. The lowest BCUT2D eigenvalue weighted by Crippen LogP contribution is -1.40. The van der Waals surface area contributed by atoms with E-state index >= 15 is 0 Å². The Bertz CT molecular complexity index is 64.6. The zero-order chi connectivity index (χ0) is 6.83. The van der Waals surface area contributed by atoms with Gasteiger partial charge in [0, 0.05) is 0 Å². The summed E-state index contributed by atoms with van der Waals surface area (Å²) in [5, 5.41) is 0. The van der Waals surface area contributed by atoms with Gasteiger partial charge in [0.15, 0.2) is 0 Å². The minimum absolute atomic E-state index is 2.00. The monoisotopic (exact) mass is 112 g/mol. The Labute approximate surface area is 50.2 Å². The van der Waals surface area contributed by atoms with E-state index in [4.69, 9.17) is 11.1 Å². The van der Waals surface area contributed by atoms with Crippen LogP contribution in [0.25, 0.3) is 0 Å². The van der Waals surface area contributed by atoms with Gasteiger partial charge in [0.1, 0.15) is 0 Å². The number of allylic oxidation sites excluding steroid dienone is 4. The third-order valence-electron chi connectivity index (χ3n) is 0.496. The SMILES string of the molecule is C/C=C/C=C/C.N=N. The van der Waals surface area contributed by atoms with Gasteiger partial charge in [0.2, 0.25) is 0 Å². The molecule has 0 aromatic carbocycles. The fourth-order valence-corrected chi connectivity index (χ4v) is 0.222. The molecule has 0 bridgehead atoms. The number of hydrogen-bond donors (Lipinski definition) is 2. The minimum atomic E-state index is 2.00. The van der Waals surface area contributed by atoms with Crippen LogP contribution in [0.5, 0.6) is 0 Å². The molecule has 0 aromatic heterocycles. The third-order valence-corrected chi connectivity index (χ3v) is 0.496. The van der Waals surface area contributed by atoms with E-state index in [9.17, 15) is 0 Å². The first-order valence-electron chi connectivity index (χ1n) is 2.40. The largest absolute Gasteiger partial charge is 0.213 e. The van der Waals surface area contributed by atoms with Gasteiger partial charge in [-0.2, -0.15) is 0 Å². The van der Waals surface area contributed by atoms with Crippen molar-refractivity contribution in [3.63, 3.8) is 0 Å². The Morgan fingerprint density at radius 1 is 0.875 bits per heavy atom. The van der Waals surface area contributed by atoms with Gasteiger partial charge in [-0.1, -0.05) is 24.3 Å². The Morgan fingerprint density at radius 2 is 1.12 bits per heavy atom. The van der Waals surface area contributed by atoms with Crippen LogP contribution in [0.15, 0.2) is 24.3 Å². The fraction of sp³-hybridized carbons (Fsp3) is 0.333. The molecule has 2 heteroatoms. The summed E-state index contributed by atoms with van der Waals surface area (Å²) >= 11 is 0. The van der Waals surface area contributed by atoms with Gasteiger partial charge in [-0.05, 0) is 13.8 Å². The van der Waals surface area contributed by atoms with Crippen molar-refractivity contribution >= 4 is 0 Å². The molecule has 0 aliphatic rings. The fourth-order valence-electron chi connectivity index (χ4n) is 0.222. The lowest BCUT2D eigenvalue weighted by molar-refractivity contribution is 1.05. The van der Waals surface area contributed by atoms with Gasteiger partial charge in [0.25, 0.3) is 0 Å². The molecule has 0 aromatic rings. The molecule has 0 aliphatic carbocycles. The van der Waals surface area contributed by atoms with Gasteiger partial charge < -0.3 is 0 Å². The number of rotatable bonds is 1. The third kappa shape index (κ3) is 19.5. The highest BCUT2D eigenvalue weighted by Gasteiger charge is 1.48. The summed E-state index contributed by atoms with van der Waals surface area (Å²) in [6.45, 7) is 4.00. The van der Waals surface area contributed by atoms with Gasteiger partial charge >= 0.3 is 0 Å². The molecule has 0 aliphatic heterocycles. The lowest BCUT2D eigenvalue weighted by Gasteiger charge is -1.62. The number of nitrogens with one attached hydrogen (secondary N) is 2. The molecule has 0 radical (unpaired) electrons. The van der Waals surface area contributed by atoms with Crippen LogP contribution in [0, 0.1) is 11.1 Å². The second-order valence-electron chi connectivity index (χ2n) is 1.05. The van der Waals surface area contributed by atoms with E-state index in [2.05, 4.69) is 0 Å². The maximum absolute atomic E-state index is 5.00. The van der Waals surface area contributed by atoms with E-state index in [-0.39, 0.29) is 0 Å². The maximum Gasteiger partial charge on any atom is -0.0467 e. The average molecular weight is 112 g/mol. The van der Waals surface area contributed by atoms with E-state index in [0.717, 1.165) is 0 Å². The van der Waals surface area contributed by atoms with Crippen LogP contribution in [0.4, 0.5) is 0 Å². The Morgan fingerprint density at radius 3 is 1.25 bits per heavy atom. The average Bonchev–Trinajstić information content (AvgIpc) is 1.88. The van der Waals surface area contributed by atoms with E-state index in [0.29, 0.717) is 0 Å². The summed E-state index contributed by atoms with van der Waals surface area (Å²) in [7, 11) is 0. The molecule has 8 heavy (non-hydrogen) atoms. The van der Waals surface area contributed by atoms with Crippen molar-refractivity contribution in [2.75, 3.05) is 0 Å². The second kappa shape index (κ2) is 16.5. The zero-order valence-corrected chi connectivity index (χ0v) is 5.31. The summed E-state index contributed by atoms with van der Waals surface area (Å²) in [6, 6.07) is 0. The molecule has 0 amide bonds. The van der Waals surface area contributed by atoms with Crippen molar-refractivity contribution in [3.8, 4) is 0 Å².